The molecule has 1 N–H and O–H groups in total. The van der Waals surface area contributed by atoms with E-state index in [1.54, 1.807) is 70.3 Å². The van der Waals surface area contributed by atoms with Crippen molar-refractivity contribution in [2.24, 2.45) is 5.41 Å². The maximum Gasteiger partial charge on any atom is 0.294 e. The van der Waals surface area contributed by atoms with Gasteiger partial charge < -0.3 is 14.4 Å². The summed E-state index contributed by atoms with van der Waals surface area (Å²) >= 11 is 0. The third-order valence-corrected chi connectivity index (χ3v) is 5.44. The highest BCUT2D eigenvalue weighted by molar-refractivity contribution is 6.17. The molecule has 0 spiro atoms. The Morgan fingerprint density at radius 1 is 1.06 bits per heavy atom. The molecule has 0 saturated heterocycles. The molecule has 164 valence electrons. The Bertz CT molecular complexity index is 1170. The van der Waals surface area contributed by atoms with Gasteiger partial charge >= 0.3 is 0 Å². The molecule has 1 aromatic heterocycles. The fourth-order valence-corrected chi connectivity index (χ4v) is 3.76. The Balaban J connectivity index is 1.81. The van der Waals surface area contributed by atoms with Crippen LogP contribution in [-0.2, 0) is 9.59 Å². The lowest BCUT2D eigenvalue weighted by Crippen LogP contribution is -2.32. The van der Waals surface area contributed by atoms with E-state index in [0.29, 0.717) is 22.7 Å². The lowest BCUT2D eigenvalue weighted by Gasteiger charge is -2.29. The summed E-state index contributed by atoms with van der Waals surface area (Å²) in [4.78, 5) is 27.9. The van der Waals surface area contributed by atoms with Gasteiger partial charge in [0.15, 0.2) is 11.5 Å². The molecule has 3 aromatic rings. The van der Waals surface area contributed by atoms with Crippen LogP contribution in [0.3, 0.4) is 0 Å². The van der Waals surface area contributed by atoms with Crippen LogP contribution in [0.4, 0.5) is 5.69 Å². The van der Waals surface area contributed by atoms with E-state index in [1.165, 1.54) is 11.2 Å². The van der Waals surface area contributed by atoms with Crippen molar-refractivity contribution in [3.05, 3.63) is 77.8 Å². The number of rotatable bonds is 5. The number of methoxy groups -OCH3 is 1. The molecule has 1 unspecified atom stereocenters. The van der Waals surface area contributed by atoms with E-state index >= 15 is 0 Å². The quantitative estimate of drug-likeness (QED) is 0.619. The zero-order valence-electron chi connectivity index (χ0n) is 18.3. The van der Waals surface area contributed by atoms with E-state index in [-0.39, 0.29) is 11.4 Å². The summed E-state index contributed by atoms with van der Waals surface area (Å²) in [5.74, 6) is -0.775. The first-order valence-electron chi connectivity index (χ1n) is 10.2. The average Bonchev–Trinajstić information content (AvgIpc) is 3.40. The van der Waals surface area contributed by atoms with Crippen LogP contribution in [0, 0.1) is 5.41 Å². The zero-order valence-corrected chi connectivity index (χ0v) is 18.3. The maximum absolute atomic E-state index is 13.3. The number of carbonyl (C=O) groups excluding carboxylic acids is 2. The number of ketones is 1. The van der Waals surface area contributed by atoms with Gasteiger partial charge in [0.2, 0.25) is 0 Å². The van der Waals surface area contributed by atoms with Gasteiger partial charge in [0.1, 0.15) is 17.7 Å². The predicted molar refractivity (Wildman–Crippen MR) is 119 cm³/mol. The van der Waals surface area contributed by atoms with Crippen LogP contribution in [0.2, 0.25) is 0 Å². The van der Waals surface area contributed by atoms with Crippen molar-refractivity contribution < 1.29 is 24.0 Å². The monoisotopic (exact) mass is 432 g/mol. The van der Waals surface area contributed by atoms with Crippen molar-refractivity contribution in [2.75, 3.05) is 12.0 Å². The van der Waals surface area contributed by atoms with Crippen molar-refractivity contribution in [1.82, 2.24) is 5.16 Å². The van der Waals surface area contributed by atoms with Crippen LogP contribution in [0.5, 0.6) is 5.75 Å². The molecule has 7 heteroatoms. The highest BCUT2D eigenvalue weighted by atomic mass is 16.5. The molecule has 4 rings (SSSR count). The molecule has 0 radical (unpaired) electrons. The number of nitrogens with zero attached hydrogens (tertiary/aromatic N) is 2. The molecule has 0 bridgehead atoms. The van der Waals surface area contributed by atoms with Crippen molar-refractivity contribution in [2.45, 2.75) is 26.8 Å². The Kier molecular flexibility index (Phi) is 5.34. The molecule has 1 aliphatic heterocycles. The number of amides is 1. The number of anilines is 1. The fraction of sp³-hybridized carbons (Fsp3) is 0.240. The van der Waals surface area contributed by atoms with Gasteiger partial charge in [-0.25, -0.2) is 0 Å². The van der Waals surface area contributed by atoms with Crippen molar-refractivity contribution in [3.63, 3.8) is 0 Å². The van der Waals surface area contributed by atoms with Gasteiger partial charge in [0.05, 0.1) is 18.7 Å². The van der Waals surface area contributed by atoms with Gasteiger partial charge in [-0.15, -0.1) is 0 Å². The van der Waals surface area contributed by atoms with E-state index in [1.807, 2.05) is 12.1 Å². The number of carbonyl (C=O) groups is 2. The first-order valence-corrected chi connectivity index (χ1v) is 10.2. The first-order chi connectivity index (χ1) is 15.2. The van der Waals surface area contributed by atoms with Crippen molar-refractivity contribution in [1.29, 1.82) is 0 Å². The van der Waals surface area contributed by atoms with E-state index < -0.39 is 23.1 Å². The average molecular weight is 432 g/mol. The number of benzene rings is 2. The minimum atomic E-state index is -0.777. The molecule has 0 fully saturated rings. The SMILES string of the molecule is COc1ccc(C2C(C(=O)C(C)(C)C)=C(O)C(=O)N2c2ccc(-c3ccon3)cc2)cc1. The third-order valence-electron chi connectivity index (χ3n) is 5.44. The predicted octanol–water partition coefficient (Wildman–Crippen LogP) is 4.87. The lowest BCUT2D eigenvalue weighted by atomic mass is 9.82. The molecular weight excluding hydrogens is 408 g/mol. The van der Waals surface area contributed by atoms with Crippen LogP contribution in [0.15, 0.2) is 76.7 Å². The number of aliphatic hydroxyl groups excluding tert-OH is 1. The number of aliphatic hydroxyl groups is 1. The highest BCUT2D eigenvalue weighted by Gasteiger charge is 2.46. The summed E-state index contributed by atoms with van der Waals surface area (Å²) in [7, 11) is 1.57. The third kappa shape index (κ3) is 3.66. The number of Topliss-reactive ketones (excluding diaryl/α,β-unsaturated/α-hetero) is 1. The number of hydrogen-bond donors (Lipinski definition) is 1. The van der Waals surface area contributed by atoms with Gasteiger partial charge in [-0.05, 0) is 29.8 Å². The minimum absolute atomic E-state index is 0.0910. The van der Waals surface area contributed by atoms with Crippen molar-refractivity contribution in [3.8, 4) is 17.0 Å². The number of ether oxygens (including phenoxy) is 1. The first kappa shape index (κ1) is 21.4. The second kappa shape index (κ2) is 8.00. The summed E-state index contributed by atoms with van der Waals surface area (Å²) < 4.78 is 10.1. The topological polar surface area (TPSA) is 92.9 Å². The molecular formula is C25H24N2O5. The van der Waals surface area contributed by atoms with Crippen LogP contribution in [-0.4, -0.2) is 29.1 Å². The summed E-state index contributed by atoms with van der Waals surface area (Å²) in [5.41, 5.74) is 2.04. The molecule has 2 heterocycles. The second-order valence-corrected chi connectivity index (χ2v) is 8.62. The van der Waals surface area contributed by atoms with E-state index in [4.69, 9.17) is 9.26 Å². The summed E-state index contributed by atoms with van der Waals surface area (Å²) in [5, 5.41) is 14.7. The Labute approximate surface area is 185 Å². The normalized spacial score (nSPS) is 16.6. The van der Waals surface area contributed by atoms with Crippen LogP contribution in [0.1, 0.15) is 32.4 Å². The van der Waals surface area contributed by atoms with Gasteiger partial charge in [0.25, 0.3) is 5.91 Å². The highest BCUT2D eigenvalue weighted by Crippen LogP contribution is 2.43. The zero-order chi connectivity index (χ0) is 23.0. The summed E-state index contributed by atoms with van der Waals surface area (Å²) in [6, 6.07) is 15.2. The van der Waals surface area contributed by atoms with Gasteiger partial charge in [-0.1, -0.05) is 50.2 Å². The molecule has 1 amide bonds. The lowest BCUT2D eigenvalue weighted by molar-refractivity contribution is -0.123. The van der Waals surface area contributed by atoms with Gasteiger partial charge in [0, 0.05) is 22.7 Å². The van der Waals surface area contributed by atoms with E-state index in [2.05, 4.69) is 5.16 Å². The summed E-state index contributed by atoms with van der Waals surface area (Å²) in [6.45, 7) is 5.29. The summed E-state index contributed by atoms with van der Waals surface area (Å²) in [6.07, 6.45) is 1.49. The largest absolute Gasteiger partial charge is 0.503 e. The standard InChI is InChI=1S/C25H24N2O5/c1-25(2,3)23(29)20-21(16-7-11-18(31-4)12-8-16)27(24(30)22(20)28)17-9-5-15(6-10-17)19-13-14-32-26-19/h5-14,21,28H,1-4H3. The Hall–Kier alpha value is -3.87. The second-order valence-electron chi connectivity index (χ2n) is 8.62. The van der Waals surface area contributed by atoms with Crippen LogP contribution in [0.25, 0.3) is 11.3 Å². The van der Waals surface area contributed by atoms with E-state index in [0.717, 1.165) is 5.56 Å². The smallest absolute Gasteiger partial charge is 0.294 e. The Morgan fingerprint density at radius 2 is 1.72 bits per heavy atom. The van der Waals surface area contributed by atoms with Crippen LogP contribution >= 0.6 is 0 Å². The molecule has 2 aromatic carbocycles. The number of hydrogen-bond acceptors (Lipinski definition) is 6. The minimum Gasteiger partial charge on any atom is -0.503 e. The van der Waals surface area contributed by atoms with E-state index in [9.17, 15) is 14.7 Å². The number of aromatic nitrogens is 1. The maximum atomic E-state index is 13.3. The Morgan fingerprint density at radius 3 is 2.25 bits per heavy atom. The fourth-order valence-electron chi connectivity index (χ4n) is 3.76. The molecule has 32 heavy (non-hydrogen) atoms. The van der Waals surface area contributed by atoms with Crippen LogP contribution < -0.4 is 9.64 Å². The molecule has 0 aliphatic carbocycles. The molecule has 0 saturated carbocycles. The molecule has 1 aliphatic rings. The van der Waals surface area contributed by atoms with Gasteiger partial charge in [-0.2, -0.15) is 0 Å². The van der Waals surface area contributed by atoms with Gasteiger partial charge in [-0.3, -0.25) is 14.5 Å². The van der Waals surface area contributed by atoms with Crippen molar-refractivity contribution >= 4 is 17.4 Å². The molecule has 7 nitrogen and oxygen atoms in total. The molecule has 1 atom stereocenters.